The number of rotatable bonds is 5. The highest BCUT2D eigenvalue weighted by Gasteiger charge is 2.33. The molecule has 3 unspecified atom stereocenters. The fourth-order valence-corrected chi connectivity index (χ4v) is 3.17. The summed E-state index contributed by atoms with van der Waals surface area (Å²) >= 11 is 0. The molecule has 0 aromatic carbocycles. The van der Waals surface area contributed by atoms with Crippen LogP contribution in [0.5, 0.6) is 0 Å². The van der Waals surface area contributed by atoms with Crippen LogP contribution in [0.15, 0.2) is 4.99 Å². The number of nitrogens with zero attached hydrogens (tertiary/aromatic N) is 2. The van der Waals surface area contributed by atoms with Gasteiger partial charge in [-0.3, -0.25) is 4.99 Å². The average Bonchev–Trinajstić information content (AvgIpc) is 2.90. The van der Waals surface area contributed by atoms with Crippen molar-refractivity contribution in [3.05, 3.63) is 0 Å². The highest BCUT2D eigenvalue weighted by molar-refractivity contribution is 5.80. The third-order valence-electron chi connectivity index (χ3n) is 4.06. The average molecular weight is 253 g/mol. The van der Waals surface area contributed by atoms with Gasteiger partial charge in [0.1, 0.15) is 0 Å². The zero-order chi connectivity index (χ0) is 13.1. The summed E-state index contributed by atoms with van der Waals surface area (Å²) in [5.41, 5.74) is 6.04. The van der Waals surface area contributed by atoms with E-state index in [4.69, 9.17) is 10.5 Å². The summed E-state index contributed by atoms with van der Waals surface area (Å²) in [5, 5.41) is 0. The molecule has 4 nitrogen and oxygen atoms in total. The standard InChI is InChI=1S/C14H27N3O/c1-10(2)7-11(3)13-8-16-14(15)17(13)9-12-5-4-6-18-12/h10-13H,4-9H2,1-3H3,(H2,15,16). The van der Waals surface area contributed by atoms with Gasteiger partial charge in [0, 0.05) is 13.2 Å². The Kier molecular flexibility index (Phi) is 4.49. The van der Waals surface area contributed by atoms with Crippen LogP contribution in [-0.2, 0) is 4.74 Å². The summed E-state index contributed by atoms with van der Waals surface area (Å²) in [6.45, 7) is 9.55. The van der Waals surface area contributed by atoms with Gasteiger partial charge in [0.25, 0.3) is 0 Å². The fraction of sp³-hybridized carbons (Fsp3) is 0.929. The maximum atomic E-state index is 6.04. The van der Waals surface area contributed by atoms with Crippen LogP contribution in [0, 0.1) is 11.8 Å². The zero-order valence-electron chi connectivity index (χ0n) is 11.9. The van der Waals surface area contributed by atoms with E-state index >= 15 is 0 Å². The second-order valence-electron chi connectivity index (χ2n) is 6.16. The molecule has 1 fully saturated rings. The Morgan fingerprint density at radius 2 is 2.22 bits per heavy atom. The van der Waals surface area contributed by atoms with Gasteiger partial charge in [-0.1, -0.05) is 20.8 Å². The number of aliphatic imine (C=N–C) groups is 1. The van der Waals surface area contributed by atoms with E-state index in [0.29, 0.717) is 24.0 Å². The maximum Gasteiger partial charge on any atom is 0.191 e. The first-order chi connectivity index (χ1) is 8.58. The molecule has 18 heavy (non-hydrogen) atoms. The topological polar surface area (TPSA) is 50.8 Å². The molecular formula is C14H27N3O. The van der Waals surface area contributed by atoms with Gasteiger partial charge in [-0.05, 0) is 31.1 Å². The summed E-state index contributed by atoms with van der Waals surface area (Å²) in [6.07, 6.45) is 3.93. The number of hydrogen-bond acceptors (Lipinski definition) is 4. The Morgan fingerprint density at radius 1 is 1.44 bits per heavy atom. The molecule has 2 aliphatic heterocycles. The van der Waals surface area contributed by atoms with Crippen molar-refractivity contribution in [2.45, 2.75) is 52.2 Å². The molecule has 4 heteroatoms. The zero-order valence-corrected chi connectivity index (χ0v) is 11.9. The maximum absolute atomic E-state index is 6.04. The van der Waals surface area contributed by atoms with E-state index in [9.17, 15) is 0 Å². The Balaban J connectivity index is 1.93. The summed E-state index contributed by atoms with van der Waals surface area (Å²) < 4.78 is 5.72. The molecule has 0 spiro atoms. The van der Waals surface area contributed by atoms with Crippen LogP contribution < -0.4 is 5.73 Å². The highest BCUT2D eigenvalue weighted by atomic mass is 16.5. The Bertz CT molecular complexity index is 297. The molecule has 2 heterocycles. The molecule has 0 aromatic rings. The van der Waals surface area contributed by atoms with Crippen molar-refractivity contribution in [1.82, 2.24) is 4.90 Å². The van der Waals surface area contributed by atoms with Crippen LogP contribution in [0.2, 0.25) is 0 Å². The van der Waals surface area contributed by atoms with Gasteiger partial charge >= 0.3 is 0 Å². The van der Waals surface area contributed by atoms with Crippen LogP contribution in [0.4, 0.5) is 0 Å². The molecule has 2 aliphatic rings. The molecule has 0 aromatic heterocycles. The van der Waals surface area contributed by atoms with Crippen molar-refractivity contribution in [2.24, 2.45) is 22.6 Å². The van der Waals surface area contributed by atoms with E-state index in [1.165, 1.54) is 12.8 Å². The van der Waals surface area contributed by atoms with Crippen molar-refractivity contribution < 1.29 is 4.74 Å². The van der Waals surface area contributed by atoms with Crippen LogP contribution in [0.25, 0.3) is 0 Å². The molecule has 0 radical (unpaired) electrons. The molecule has 1 saturated heterocycles. The molecule has 104 valence electrons. The third-order valence-corrected chi connectivity index (χ3v) is 4.06. The monoisotopic (exact) mass is 253 g/mol. The second-order valence-corrected chi connectivity index (χ2v) is 6.16. The van der Waals surface area contributed by atoms with Crippen LogP contribution >= 0.6 is 0 Å². The van der Waals surface area contributed by atoms with Gasteiger partial charge in [0.05, 0.1) is 18.7 Å². The van der Waals surface area contributed by atoms with Crippen molar-refractivity contribution in [2.75, 3.05) is 19.7 Å². The number of hydrogen-bond donors (Lipinski definition) is 1. The molecule has 0 amide bonds. The lowest BCUT2D eigenvalue weighted by molar-refractivity contribution is 0.0779. The molecule has 3 atom stereocenters. The predicted octanol–water partition coefficient (Wildman–Crippen LogP) is 1.85. The van der Waals surface area contributed by atoms with E-state index in [0.717, 1.165) is 32.0 Å². The van der Waals surface area contributed by atoms with E-state index < -0.39 is 0 Å². The lowest BCUT2D eigenvalue weighted by Crippen LogP contribution is -2.47. The van der Waals surface area contributed by atoms with E-state index in [-0.39, 0.29) is 0 Å². The third kappa shape index (κ3) is 3.16. The van der Waals surface area contributed by atoms with E-state index in [2.05, 4.69) is 30.7 Å². The minimum atomic E-state index is 0.352. The minimum absolute atomic E-state index is 0.352. The molecular weight excluding hydrogens is 226 g/mol. The minimum Gasteiger partial charge on any atom is -0.376 e. The first-order valence-corrected chi connectivity index (χ1v) is 7.26. The first-order valence-electron chi connectivity index (χ1n) is 7.26. The van der Waals surface area contributed by atoms with Crippen molar-refractivity contribution in [3.63, 3.8) is 0 Å². The molecule has 0 aliphatic carbocycles. The van der Waals surface area contributed by atoms with Gasteiger partial charge in [0.2, 0.25) is 0 Å². The predicted molar refractivity (Wildman–Crippen MR) is 74.6 cm³/mol. The lowest BCUT2D eigenvalue weighted by Gasteiger charge is -2.33. The quantitative estimate of drug-likeness (QED) is 0.813. The van der Waals surface area contributed by atoms with E-state index in [1.54, 1.807) is 0 Å². The number of guanidine groups is 1. The van der Waals surface area contributed by atoms with Gasteiger partial charge < -0.3 is 15.4 Å². The molecule has 0 bridgehead atoms. The van der Waals surface area contributed by atoms with Crippen LogP contribution in [0.1, 0.15) is 40.0 Å². The van der Waals surface area contributed by atoms with Crippen molar-refractivity contribution >= 4 is 5.96 Å². The largest absolute Gasteiger partial charge is 0.376 e. The molecule has 2 rings (SSSR count). The smallest absolute Gasteiger partial charge is 0.191 e. The Morgan fingerprint density at radius 3 is 2.83 bits per heavy atom. The summed E-state index contributed by atoms with van der Waals surface area (Å²) in [7, 11) is 0. The lowest BCUT2D eigenvalue weighted by atomic mass is 9.91. The van der Waals surface area contributed by atoms with Crippen LogP contribution in [0.3, 0.4) is 0 Å². The highest BCUT2D eigenvalue weighted by Crippen LogP contribution is 2.25. The van der Waals surface area contributed by atoms with E-state index in [1.807, 2.05) is 0 Å². The number of nitrogens with two attached hydrogens (primary N) is 1. The SMILES string of the molecule is CC(C)CC(C)C1CN=C(N)N1CC1CCCO1. The fourth-order valence-electron chi connectivity index (χ4n) is 3.17. The van der Waals surface area contributed by atoms with Crippen molar-refractivity contribution in [3.8, 4) is 0 Å². The number of ether oxygens (including phenoxy) is 1. The second kappa shape index (κ2) is 5.91. The molecule has 0 saturated carbocycles. The summed E-state index contributed by atoms with van der Waals surface area (Å²) in [5.74, 6) is 2.08. The Hall–Kier alpha value is -0.770. The summed E-state index contributed by atoms with van der Waals surface area (Å²) in [4.78, 5) is 6.72. The van der Waals surface area contributed by atoms with Gasteiger partial charge in [0.15, 0.2) is 5.96 Å². The van der Waals surface area contributed by atoms with Crippen LogP contribution in [-0.4, -0.2) is 42.7 Å². The van der Waals surface area contributed by atoms with Gasteiger partial charge in [-0.25, -0.2) is 0 Å². The van der Waals surface area contributed by atoms with Gasteiger partial charge in [-0.15, -0.1) is 0 Å². The van der Waals surface area contributed by atoms with Gasteiger partial charge in [-0.2, -0.15) is 0 Å². The molecule has 2 N–H and O–H groups in total. The Labute approximate surface area is 111 Å². The normalized spacial score (nSPS) is 30.0. The summed E-state index contributed by atoms with van der Waals surface area (Å²) in [6, 6.07) is 0.469. The van der Waals surface area contributed by atoms with Crippen molar-refractivity contribution in [1.29, 1.82) is 0 Å². The first kappa shape index (κ1) is 13.7.